The normalized spacial score (nSPS) is 15.8. The molecule has 1 aromatic carbocycles. The van der Waals surface area contributed by atoms with E-state index in [0.29, 0.717) is 32.5 Å². The van der Waals surface area contributed by atoms with Crippen LogP contribution < -0.4 is 9.46 Å². The Kier molecular flexibility index (Phi) is 8.56. The lowest BCUT2D eigenvalue weighted by atomic mass is 9.90. The first-order chi connectivity index (χ1) is 16.1. The number of carbonyl (C=O) groups is 2. The molecule has 1 atom stereocenters. The fourth-order valence-corrected chi connectivity index (χ4v) is 6.35. The van der Waals surface area contributed by atoms with Gasteiger partial charge in [0.2, 0.25) is 0 Å². The largest absolute Gasteiger partial charge is 0.494 e. The zero-order valence-electron chi connectivity index (χ0n) is 19.4. The topological polar surface area (TPSA) is 122 Å². The summed E-state index contributed by atoms with van der Waals surface area (Å²) in [6.07, 6.45) is 0.0201. The fraction of sp³-hybridized carbons (Fsp3) is 0.478. The van der Waals surface area contributed by atoms with E-state index in [1.165, 1.54) is 11.0 Å². The highest BCUT2D eigenvalue weighted by atomic mass is 32.2. The summed E-state index contributed by atoms with van der Waals surface area (Å²) in [7, 11) is -4.05. The maximum absolute atomic E-state index is 13.0. The number of hydrogen-bond donors (Lipinski definition) is 2. The summed E-state index contributed by atoms with van der Waals surface area (Å²) in [4.78, 5) is 26.3. The highest BCUT2D eigenvalue weighted by Gasteiger charge is 2.36. The van der Waals surface area contributed by atoms with Gasteiger partial charge in [0.1, 0.15) is 16.0 Å². The second kappa shape index (κ2) is 11.2. The number of thiophene rings is 1. The highest BCUT2D eigenvalue weighted by molar-refractivity contribution is 7.91. The number of rotatable bonds is 9. The maximum Gasteiger partial charge on any atom is 0.410 e. The van der Waals surface area contributed by atoms with Gasteiger partial charge in [0.05, 0.1) is 12.7 Å². The number of benzene rings is 1. The van der Waals surface area contributed by atoms with Gasteiger partial charge in [-0.2, -0.15) is 4.72 Å². The zero-order valence-corrected chi connectivity index (χ0v) is 21.0. The molecule has 0 spiro atoms. The second-order valence-electron chi connectivity index (χ2n) is 8.27. The number of ether oxygens (including phenoxy) is 2. The second-order valence-corrected chi connectivity index (χ2v) is 11.3. The lowest BCUT2D eigenvalue weighted by molar-refractivity contribution is -0.140. The molecule has 0 radical (unpaired) electrons. The molecular formula is C23H30N2O7S2. The number of piperidine rings is 1. The van der Waals surface area contributed by atoms with Crippen LogP contribution in [0.3, 0.4) is 0 Å². The fourth-order valence-electron chi connectivity index (χ4n) is 3.77. The van der Waals surface area contributed by atoms with E-state index in [2.05, 4.69) is 4.72 Å². The Balaban J connectivity index is 1.68. The average Bonchev–Trinajstić information content (AvgIpc) is 3.29. The summed E-state index contributed by atoms with van der Waals surface area (Å²) < 4.78 is 39.0. The molecule has 1 saturated heterocycles. The number of aliphatic carboxylic acids is 1. The monoisotopic (exact) mass is 510 g/mol. The minimum absolute atomic E-state index is 0.0422. The lowest BCUT2D eigenvalue weighted by Gasteiger charge is -2.34. The standard InChI is InChI=1S/C23H30N2O7S2/c1-4-31-18-7-5-16(6-8-18)19-9-10-20(33-19)34(29,30)24-21(22(26)27)17-11-13-25(14-12-17)23(28)32-15(2)3/h5-10,15,17,21,24H,4,11-14H2,1-3H3,(H,26,27). The molecule has 186 valence electrons. The zero-order chi connectivity index (χ0) is 24.9. The predicted molar refractivity (Wildman–Crippen MR) is 129 cm³/mol. The van der Waals surface area contributed by atoms with Gasteiger partial charge < -0.3 is 19.5 Å². The number of carboxylic acid groups (broad SMARTS) is 1. The van der Waals surface area contributed by atoms with E-state index in [1.54, 1.807) is 19.9 Å². The first kappa shape index (κ1) is 26.0. The summed E-state index contributed by atoms with van der Waals surface area (Å²) in [5.74, 6) is -0.957. The number of sulfonamides is 1. The van der Waals surface area contributed by atoms with E-state index < -0.39 is 34.0 Å². The van der Waals surface area contributed by atoms with Crippen molar-refractivity contribution in [2.75, 3.05) is 19.7 Å². The molecule has 1 amide bonds. The van der Waals surface area contributed by atoms with E-state index in [4.69, 9.17) is 9.47 Å². The molecule has 1 aliphatic heterocycles. The van der Waals surface area contributed by atoms with Gasteiger partial charge >= 0.3 is 12.1 Å². The van der Waals surface area contributed by atoms with Crippen LogP contribution in [0, 0.1) is 5.92 Å². The van der Waals surface area contributed by atoms with Gasteiger partial charge in [-0.1, -0.05) is 0 Å². The van der Waals surface area contributed by atoms with Crippen LogP contribution in [-0.2, 0) is 19.6 Å². The average molecular weight is 511 g/mol. The minimum Gasteiger partial charge on any atom is -0.494 e. The van der Waals surface area contributed by atoms with E-state index in [1.807, 2.05) is 31.2 Å². The number of amides is 1. The van der Waals surface area contributed by atoms with Gasteiger partial charge in [-0.15, -0.1) is 11.3 Å². The Labute approximate surface area is 203 Å². The Morgan fingerprint density at radius 2 is 1.79 bits per heavy atom. The molecule has 9 nitrogen and oxygen atoms in total. The predicted octanol–water partition coefficient (Wildman–Crippen LogP) is 3.80. The number of nitrogens with one attached hydrogen (secondary N) is 1. The molecule has 0 bridgehead atoms. The highest BCUT2D eigenvalue weighted by Crippen LogP contribution is 2.32. The van der Waals surface area contributed by atoms with Crippen LogP contribution >= 0.6 is 11.3 Å². The quantitative estimate of drug-likeness (QED) is 0.526. The molecule has 3 rings (SSSR count). The molecule has 0 saturated carbocycles. The van der Waals surface area contributed by atoms with E-state index in [0.717, 1.165) is 27.5 Å². The van der Waals surface area contributed by atoms with Crippen molar-refractivity contribution in [3.63, 3.8) is 0 Å². The van der Waals surface area contributed by atoms with Crippen LogP contribution in [0.5, 0.6) is 5.75 Å². The number of hydrogen-bond acceptors (Lipinski definition) is 7. The maximum atomic E-state index is 13.0. The molecule has 11 heteroatoms. The third kappa shape index (κ3) is 6.49. The van der Waals surface area contributed by atoms with Crippen molar-refractivity contribution in [3.8, 4) is 16.2 Å². The SMILES string of the molecule is CCOc1ccc(-c2ccc(S(=O)(=O)NC(C(=O)O)C3CCN(C(=O)OC(C)C)CC3)s2)cc1. The van der Waals surface area contributed by atoms with Crippen molar-refractivity contribution in [1.82, 2.24) is 9.62 Å². The summed E-state index contributed by atoms with van der Waals surface area (Å²) >= 11 is 1.07. The lowest BCUT2D eigenvalue weighted by Crippen LogP contribution is -2.50. The van der Waals surface area contributed by atoms with Crippen LogP contribution in [0.15, 0.2) is 40.6 Å². The molecule has 1 unspecified atom stereocenters. The van der Waals surface area contributed by atoms with Gasteiger partial charge in [0.25, 0.3) is 10.0 Å². The number of nitrogens with zero attached hydrogens (tertiary/aromatic N) is 1. The van der Waals surface area contributed by atoms with Crippen LogP contribution in [0.2, 0.25) is 0 Å². The smallest absolute Gasteiger partial charge is 0.410 e. The Morgan fingerprint density at radius 1 is 1.15 bits per heavy atom. The summed E-state index contributed by atoms with van der Waals surface area (Å²) in [5.41, 5.74) is 0.838. The Bertz CT molecular complexity index is 1090. The molecular weight excluding hydrogens is 480 g/mol. The number of likely N-dealkylation sites (tertiary alicyclic amines) is 1. The van der Waals surface area contributed by atoms with Crippen molar-refractivity contribution in [2.24, 2.45) is 5.92 Å². The molecule has 1 fully saturated rings. The van der Waals surface area contributed by atoms with E-state index >= 15 is 0 Å². The van der Waals surface area contributed by atoms with Gasteiger partial charge in [-0.05, 0) is 81.5 Å². The van der Waals surface area contributed by atoms with E-state index in [-0.39, 0.29) is 10.3 Å². The van der Waals surface area contributed by atoms with Crippen molar-refractivity contribution < 1.29 is 32.6 Å². The van der Waals surface area contributed by atoms with Crippen LogP contribution in [0.4, 0.5) is 4.79 Å². The number of carbonyl (C=O) groups excluding carboxylic acids is 1. The summed E-state index contributed by atoms with van der Waals surface area (Å²) in [6, 6.07) is 9.21. The summed E-state index contributed by atoms with van der Waals surface area (Å²) in [5, 5.41) is 9.74. The third-order valence-corrected chi connectivity index (χ3v) is 8.52. The molecule has 2 aromatic rings. The molecule has 1 aliphatic rings. The Hall–Kier alpha value is -2.63. The molecule has 0 aliphatic carbocycles. The third-order valence-electron chi connectivity index (χ3n) is 5.45. The minimum atomic E-state index is -4.05. The molecule has 1 aromatic heterocycles. The van der Waals surface area contributed by atoms with Crippen molar-refractivity contribution in [2.45, 2.75) is 50.0 Å². The Morgan fingerprint density at radius 3 is 2.35 bits per heavy atom. The van der Waals surface area contributed by atoms with Gasteiger partial charge in [-0.3, -0.25) is 4.79 Å². The van der Waals surface area contributed by atoms with Gasteiger partial charge in [0.15, 0.2) is 0 Å². The summed E-state index contributed by atoms with van der Waals surface area (Å²) in [6.45, 7) is 6.58. The van der Waals surface area contributed by atoms with Crippen LogP contribution in [0.1, 0.15) is 33.6 Å². The molecule has 2 heterocycles. The first-order valence-electron chi connectivity index (χ1n) is 11.1. The number of carboxylic acids is 1. The first-order valence-corrected chi connectivity index (χ1v) is 13.4. The van der Waals surface area contributed by atoms with E-state index in [9.17, 15) is 23.1 Å². The van der Waals surface area contributed by atoms with Crippen LogP contribution in [0.25, 0.3) is 10.4 Å². The van der Waals surface area contributed by atoms with Crippen molar-refractivity contribution in [3.05, 3.63) is 36.4 Å². The van der Waals surface area contributed by atoms with Gasteiger partial charge in [-0.25, -0.2) is 13.2 Å². The van der Waals surface area contributed by atoms with Crippen molar-refractivity contribution >= 4 is 33.4 Å². The molecule has 34 heavy (non-hydrogen) atoms. The van der Waals surface area contributed by atoms with Crippen molar-refractivity contribution in [1.29, 1.82) is 0 Å². The molecule has 2 N–H and O–H groups in total. The van der Waals surface area contributed by atoms with Gasteiger partial charge in [0, 0.05) is 18.0 Å². The van der Waals surface area contributed by atoms with Crippen LogP contribution in [-0.4, -0.2) is 62.3 Å².